The molecule has 0 atom stereocenters. The van der Waals surface area contributed by atoms with Crippen LogP contribution in [0.3, 0.4) is 0 Å². The molecule has 0 aromatic heterocycles. The lowest BCUT2D eigenvalue weighted by molar-refractivity contribution is 0.266. The average Bonchev–Trinajstić information content (AvgIpc) is 2.66. The van der Waals surface area contributed by atoms with E-state index in [0.717, 1.165) is 30.0 Å². The van der Waals surface area contributed by atoms with Crippen molar-refractivity contribution in [1.29, 1.82) is 0 Å². The van der Waals surface area contributed by atoms with Crippen LogP contribution in [0.1, 0.15) is 71.1 Å². The summed E-state index contributed by atoms with van der Waals surface area (Å²) >= 11 is 0. The molecule has 4 nitrogen and oxygen atoms in total. The van der Waals surface area contributed by atoms with Crippen LogP contribution < -0.4 is 4.18 Å². The highest BCUT2D eigenvalue weighted by molar-refractivity contribution is 7.82. The summed E-state index contributed by atoms with van der Waals surface area (Å²) in [5.41, 5.74) is 0. The monoisotopic (exact) mass is 392 g/mol. The Morgan fingerprint density at radius 1 is 0.741 bits per heavy atom. The third-order valence-electron chi connectivity index (χ3n) is 4.67. The first-order valence-electron chi connectivity index (χ1n) is 10.2. The Kier molecular flexibility index (Phi) is 9.64. The molecule has 0 radical (unpaired) electrons. The molecule has 2 aromatic rings. The Balaban J connectivity index is 1.63. The van der Waals surface area contributed by atoms with Gasteiger partial charge in [-0.15, -0.1) is 0 Å². The van der Waals surface area contributed by atoms with Crippen molar-refractivity contribution in [3.63, 3.8) is 0 Å². The lowest BCUT2D eigenvalue weighted by atomic mass is 10.1. The molecular formula is C22H32O4S. The van der Waals surface area contributed by atoms with E-state index in [1.807, 2.05) is 30.3 Å². The molecule has 0 unspecified atom stereocenters. The van der Waals surface area contributed by atoms with Gasteiger partial charge in [0.15, 0.2) is 5.75 Å². The number of benzene rings is 2. The summed E-state index contributed by atoms with van der Waals surface area (Å²) in [6.45, 7) is 2.40. The lowest BCUT2D eigenvalue weighted by Gasteiger charge is -2.09. The fourth-order valence-corrected chi connectivity index (χ4v) is 3.89. The molecule has 0 heterocycles. The number of rotatable bonds is 14. The van der Waals surface area contributed by atoms with Crippen molar-refractivity contribution in [2.45, 2.75) is 71.1 Å². The smallest absolute Gasteiger partial charge is 0.361 e. The maximum atomic E-state index is 12.1. The van der Waals surface area contributed by atoms with Crippen molar-refractivity contribution in [3.05, 3.63) is 42.5 Å². The Morgan fingerprint density at radius 2 is 1.33 bits per heavy atom. The molecule has 0 fully saturated rings. The predicted molar refractivity (Wildman–Crippen MR) is 111 cm³/mol. The van der Waals surface area contributed by atoms with Gasteiger partial charge in [0.05, 0.1) is 6.61 Å². The zero-order valence-electron chi connectivity index (χ0n) is 16.4. The van der Waals surface area contributed by atoms with Crippen molar-refractivity contribution in [2.24, 2.45) is 0 Å². The van der Waals surface area contributed by atoms with Crippen LogP contribution in [0.2, 0.25) is 0 Å². The molecule has 0 spiro atoms. The molecule has 0 saturated heterocycles. The third-order valence-corrected chi connectivity index (χ3v) is 5.51. The van der Waals surface area contributed by atoms with Gasteiger partial charge in [-0.2, -0.15) is 8.42 Å². The molecule has 0 bridgehead atoms. The van der Waals surface area contributed by atoms with Gasteiger partial charge in [0, 0.05) is 5.39 Å². The van der Waals surface area contributed by atoms with Crippen LogP contribution in [0, 0.1) is 0 Å². The molecule has 27 heavy (non-hydrogen) atoms. The first-order valence-corrected chi connectivity index (χ1v) is 11.5. The van der Waals surface area contributed by atoms with E-state index in [-0.39, 0.29) is 6.61 Å². The van der Waals surface area contributed by atoms with Crippen LogP contribution in [-0.4, -0.2) is 15.0 Å². The van der Waals surface area contributed by atoms with Gasteiger partial charge in [-0.1, -0.05) is 101 Å². The van der Waals surface area contributed by atoms with E-state index in [0.29, 0.717) is 5.75 Å². The van der Waals surface area contributed by atoms with Crippen molar-refractivity contribution in [1.82, 2.24) is 0 Å². The molecule has 2 aromatic carbocycles. The maximum absolute atomic E-state index is 12.1. The summed E-state index contributed by atoms with van der Waals surface area (Å²) < 4.78 is 34.3. The number of hydrogen-bond donors (Lipinski definition) is 0. The van der Waals surface area contributed by atoms with Crippen LogP contribution >= 0.6 is 0 Å². The minimum atomic E-state index is -4.04. The maximum Gasteiger partial charge on any atom is 0.449 e. The number of unbranched alkanes of at least 4 members (excludes halogenated alkanes) is 9. The van der Waals surface area contributed by atoms with Gasteiger partial charge < -0.3 is 4.18 Å². The average molecular weight is 393 g/mol. The van der Waals surface area contributed by atoms with Crippen LogP contribution in [0.4, 0.5) is 0 Å². The zero-order valence-corrected chi connectivity index (χ0v) is 17.2. The Labute approximate surface area is 164 Å². The van der Waals surface area contributed by atoms with Crippen molar-refractivity contribution < 1.29 is 16.8 Å². The largest absolute Gasteiger partial charge is 0.449 e. The van der Waals surface area contributed by atoms with Crippen LogP contribution in [0.25, 0.3) is 10.8 Å². The molecule has 2 rings (SSSR count). The van der Waals surface area contributed by atoms with Crippen molar-refractivity contribution in [3.8, 4) is 5.75 Å². The second-order valence-electron chi connectivity index (χ2n) is 6.97. The summed E-state index contributed by atoms with van der Waals surface area (Å²) in [5, 5.41) is 1.69. The minimum Gasteiger partial charge on any atom is -0.361 e. The number of fused-ring (bicyclic) bond motifs is 1. The molecule has 0 aliphatic rings. The van der Waals surface area contributed by atoms with E-state index in [2.05, 4.69) is 6.92 Å². The standard InChI is InChI=1S/C22H32O4S/c1-2-3-4-5-6-7-8-9-10-13-19-25-27(23,24)26-22-18-14-16-20-15-11-12-17-21(20)22/h11-12,14-18H,2-10,13,19H2,1H3. The van der Waals surface area contributed by atoms with Gasteiger partial charge in [-0.25, -0.2) is 4.18 Å². The Morgan fingerprint density at radius 3 is 2.04 bits per heavy atom. The minimum absolute atomic E-state index is 0.170. The summed E-state index contributed by atoms with van der Waals surface area (Å²) in [6, 6.07) is 12.8. The van der Waals surface area contributed by atoms with Gasteiger partial charge in [0.1, 0.15) is 0 Å². The van der Waals surface area contributed by atoms with Gasteiger partial charge in [0.2, 0.25) is 0 Å². The SMILES string of the molecule is CCCCCCCCCCCCOS(=O)(=O)Oc1cccc2ccccc12. The van der Waals surface area contributed by atoms with E-state index in [1.54, 1.807) is 12.1 Å². The first kappa shape index (κ1) is 21.7. The van der Waals surface area contributed by atoms with Crippen LogP contribution in [0.15, 0.2) is 42.5 Å². The topological polar surface area (TPSA) is 52.6 Å². The molecule has 0 N–H and O–H groups in total. The third kappa shape index (κ3) is 8.31. The highest BCUT2D eigenvalue weighted by Gasteiger charge is 2.15. The summed E-state index contributed by atoms with van der Waals surface area (Å²) in [4.78, 5) is 0. The van der Waals surface area contributed by atoms with E-state index in [1.165, 1.54) is 44.9 Å². The molecule has 5 heteroatoms. The second kappa shape index (κ2) is 12.0. The van der Waals surface area contributed by atoms with Gasteiger partial charge >= 0.3 is 10.4 Å². The van der Waals surface area contributed by atoms with Crippen molar-refractivity contribution >= 4 is 21.2 Å². The highest BCUT2D eigenvalue weighted by atomic mass is 32.3. The van der Waals surface area contributed by atoms with E-state index in [9.17, 15) is 8.42 Å². The normalized spacial score (nSPS) is 11.7. The van der Waals surface area contributed by atoms with Gasteiger partial charge in [0.25, 0.3) is 0 Å². The van der Waals surface area contributed by atoms with Crippen LogP contribution in [0.5, 0.6) is 5.75 Å². The second-order valence-corrected chi connectivity index (χ2v) is 8.19. The summed E-state index contributed by atoms with van der Waals surface area (Å²) in [5.74, 6) is 0.302. The quantitative estimate of drug-likeness (QED) is 0.349. The summed E-state index contributed by atoms with van der Waals surface area (Å²) in [7, 11) is -4.04. The first-order chi connectivity index (χ1) is 13.1. The molecule has 0 aliphatic carbocycles. The fraction of sp³-hybridized carbons (Fsp3) is 0.545. The lowest BCUT2D eigenvalue weighted by Crippen LogP contribution is -2.14. The Bertz CT molecular complexity index is 765. The highest BCUT2D eigenvalue weighted by Crippen LogP contribution is 2.26. The fourth-order valence-electron chi connectivity index (χ4n) is 3.15. The van der Waals surface area contributed by atoms with Crippen molar-refractivity contribution in [2.75, 3.05) is 6.61 Å². The molecule has 150 valence electrons. The Hall–Kier alpha value is -1.59. The molecule has 0 amide bonds. The molecule has 0 aliphatic heterocycles. The van der Waals surface area contributed by atoms with Gasteiger partial charge in [-0.05, 0) is 17.9 Å². The predicted octanol–water partition coefficient (Wildman–Crippen LogP) is 6.40. The van der Waals surface area contributed by atoms with E-state index in [4.69, 9.17) is 8.37 Å². The molecular weight excluding hydrogens is 360 g/mol. The van der Waals surface area contributed by atoms with E-state index >= 15 is 0 Å². The number of hydrogen-bond acceptors (Lipinski definition) is 4. The molecule has 0 saturated carbocycles. The van der Waals surface area contributed by atoms with Gasteiger partial charge in [-0.3, -0.25) is 0 Å². The zero-order chi connectivity index (χ0) is 19.4. The van der Waals surface area contributed by atoms with E-state index < -0.39 is 10.4 Å². The summed E-state index contributed by atoms with van der Waals surface area (Å²) in [6.07, 6.45) is 11.9. The van der Waals surface area contributed by atoms with Crippen LogP contribution in [-0.2, 0) is 14.6 Å².